The van der Waals surface area contributed by atoms with Crippen LogP contribution in [0.25, 0.3) is 0 Å². The van der Waals surface area contributed by atoms with E-state index < -0.39 is 0 Å². The van der Waals surface area contributed by atoms with Gasteiger partial charge in [0.15, 0.2) is 0 Å². The number of carbonyl (C=O) groups excluding carboxylic acids is 3. The molecule has 0 bridgehead atoms. The van der Waals surface area contributed by atoms with Crippen molar-refractivity contribution in [1.82, 2.24) is 20.0 Å². The maximum Gasteiger partial charge on any atom is 0.242 e. The summed E-state index contributed by atoms with van der Waals surface area (Å²) in [5.41, 5.74) is 0. The van der Waals surface area contributed by atoms with Crippen LogP contribution in [0.4, 0.5) is 0 Å². The summed E-state index contributed by atoms with van der Waals surface area (Å²) in [4.78, 5) is 42.8. The molecule has 7 heteroatoms. The maximum atomic E-state index is 12.4. The Labute approximate surface area is 149 Å². The van der Waals surface area contributed by atoms with Crippen molar-refractivity contribution in [3.63, 3.8) is 0 Å². The van der Waals surface area contributed by atoms with E-state index in [4.69, 9.17) is 0 Å². The second-order valence-corrected chi connectivity index (χ2v) is 7.64. The van der Waals surface area contributed by atoms with E-state index in [-0.39, 0.29) is 36.6 Å². The number of likely N-dealkylation sites (tertiary alicyclic amines) is 1. The Morgan fingerprint density at radius 1 is 1.08 bits per heavy atom. The molecule has 0 radical (unpaired) electrons. The molecule has 0 spiro atoms. The predicted molar refractivity (Wildman–Crippen MR) is 93.8 cm³/mol. The highest BCUT2D eigenvalue weighted by Crippen LogP contribution is 2.28. The Kier molecular flexibility index (Phi) is 5.93. The predicted octanol–water partition coefficient (Wildman–Crippen LogP) is 0.0578. The zero-order chi connectivity index (χ0) is 17.8. The smallest absolute Gasteiger partial charge is 0.242 e. The Morgan fingerprint density at radius 2 is 1.76 bits per heavy atom. The number of likely N-dealkylation sites (N-methyl/N-ethyl adjacent to an activating group) is 1. The highest BCUT2D eigenvalue weighted by atomic mass is 16.2. The largest absolute Gasteiger partial charge is 0.347 e. The number of nitrogens with zero attached hydrogens (tertiary/aromatic N) is 3. The fraction of sp³-hybridized carbons (Fsp3) is 0.833. The lowest BCUT2D eigenvalue weighted by Crippen LogP contribution is -2.50. The van der Waals surface area contributed by atoms with Crippen molar-refractivity contribution in [2.24, 2.45) is 5.92 Å². The van der Waals surface area contributed by atoms with Gasteiger partial charge in [-0.15, -0.1) is 0 Å². The Hall–Kier alpha value is -1.63. The Bertz CT molecular complexity index is 510. The molecule has 2 heterocycles. The first-order valence-corrected chi connectivity index (χ1v) is 9.58. The molecule has 1 aliphatic carbocycles. The van der Waals surface area contributed by atoms with Gasteiger partial charge in [0.05, 0.1) is 12.5 Å². The van der Waals surface area contributed by atoms with E-state index in [1.54, 1.807) is 4.90 Å². The molecule has 1 saturated carbocycles. The molecule has 3 aliphatic rings. The lowest BCUT2D eigenvalue weighted by atomic mass is 9.94. The summed E-state index contributed by atoms with van der Waals surface area (Å²) < 4.78 is 0. The van der Waals surface area contributed by atoms with E-state index in [2.05, 4.69) is 10.2 Å². The van der Waals surface area contributed by atoms with Crippen LogP contribution < -0.4 is 5.32 Å². The quantitative estimate of drug-likeness (QED) is 0.778. The summed E-state index contributed by atoms with van der Waals surface area (Å²) in [5, 5.41) is 2.75. The van der Waals surface area contributed by atoms with E-state index in [9.17, 15) is 14.4 Å². The number of hydrogen-bond donors (Lipinski definition) is 1. The SMILES string of the molecule is CN1CCN(C(=O)CNC(=O)C2CC(=O)N(C3CCCCC3)C2)CC1. The average Bonchev–Trinajstić information content (AvgIpc) is 3.02. The number of piperazine rings is 1. The van der Waals surface area contributed by atoms with Gasteiger partial charge in [-0.1, -0.05) is 19.3 Å². The number of amides is 3. The summed E-state index contributed by atoms with van der Waals surface area (Å²) in [6.07, 6.45) is 5.99. The van der Waals surface area contributed by atoms with Gasteiger partial charge in [0, 0.05) is 45.2 Å². The summed E-state index contributed by atoms with van der Waals surface area (Å²) >= 11 is 0. The number of nitrogens with one attached hydrogen (secondary N) is 1. The zero-order valence-electron chi connectivity index (χ0n) is 15.2. The molecular weight excluding hydrogens is 320 g/mol. The lowest BCUT2D eigenvalue weighted by molar-refractivity contribution is -0.135. The van der Waals surface area contributed by atoms with Gasteiger partial charge in [-0.05, 0) is 19.9 Å². The minimum absolute atomic E-state index is 0.0325. The van der Waals surface area contributed by atoms with Gasteiger partial charge in [0.25, 0.3) is 0 Å². The van der Waals surface area contributed by atoms with Gasteiger partial charge < -0.3 is 20.0 Å². The monoisotopic (exact) mass is 350 g/mol. The van der Waals surface area contributed by atoms with Crippen LogP contribution in [0, 0.1) is 5.92 Å². The van der Waals surface area contributed by atoms with Gasteiger partial charge in [-0.25, -0.2) is 0 Å². The molecule has 0 aromatic carbocycles. The van der Waals surface area contributed by atoms with Crippen molar-refractivity contribution in [3.8, 4) is 0 Å². The third-order valence-corrected chi connectivity index (χ3v) is 5.81. The first-order chi connectivity index (χ1) is 12.0. The number of rotatable bonds is 4. The molecule has 1 unspecified atom stereocenters. The molecular formula is C18H30N4O3. The average molecular weight is 350 g/mol. The van der Waals surface area contributed by atoms with Crippen LogP contribution in [-0.2, 0) is 14.4 Å². The lowest BCUT2D eigenvalue weighted by Gasteiger charge is -2.32. The third kappa shape index (κ3) is 4.51. The van der Waals surface area contributed by atoms with Gasteiger partial charge in [-0.2, -0.15) is 0 Å². The van der Waals surface area contributed by atoms with E-state index in [1.807, 2.05) is 11.9 Å². The molecule has 3 rings (SSSR count). The van der Waals surface area contributed by atoms with Gasteiger partial charge in [0.1, 0.15) is 0 Å². The molecule has 2 aliphatic heterocycles. The maximum absolute atomic E-state index is 12.4. The van der Waals surface area contributed by atoms with Gasteiger partial charge >= 0.3 is 0 Å². The molecule has 1 N–H and O–H groups in total. The molecule has 7 nitrogen and oxygen atoms in total. The van der Waals surface area contributed by atoms with E-state index in [0.29, 0.717) is 25.7 Å². The molecule has 140 valence electrons. The second kappa shape index (κ2) is 8.17. The van der Waals surface area contributed by atoms with Crippen molar-refractivity contribution >= 4 is 17.7 Å². The first-order valence-electron chi connectivity index (χ1n) is 9.58. The van der Waals surface area contributed by atoms with Crippen molar-refractivity contribution in [1.29, 1.82) is 0 Å². The van der Waals surface area contributed by atoms with Crippen LogP contribution in [0.1, 0.15) is 38.5 Å². The molecule has 1 atom stereocenters. The van der Waals surface area contributed by atoms with E-state index >= 15 is 0 Å². The summed E-state index contributed by atoms with van der Waals surface area (Å²) in [6.45, 7) is 3.71. The fourth-order valence-corrected chi connectivity index (χ4v) is 4.13. The zero-order valence-corrected chi connectivity index (χ0v) is 15.2. The summed E-state index contributed by atoms with van der Waals surface area (Å²) in [5.74, 6) is -0.406. The minimum atomic E-state index is -0.310. The first kappa shape index (κ1) is 18.2. The highest BCUT2D eigenvalue weighted by Gasteiger charge is 2.38. The van der Waals surface area contributed by atoms with Crippen molar-refractivity contribution in [2.75, 3.05) is 46.3 Å². The summed E-state index contributed by atoms with van der Waals surface area (Å²) in [6, 6.07) is 0.311. The molecule has 0 aromatic rings. The van der Waals surface area contributed by atoms with Crippen LogP contribution in [-0.4, -0.2) is 84.8 Å². The van der Waals surface area contributed by atoms with Crippen molar-refractivity contribution < 1.29 is 14.4 Å². The Morgan fingerprint density at radius 3 is 2.44 bits per heavy atom. The minimum Gasteiger partial charge on any atom is -0.347 e. The van der Waals surface area contributed by atoms with Crippen LogP contribution in [0.2, 0.25) is 0 Å². The van der Waals surface area contributed by atoms with E-state index in [1.165, 1.54) is 19.3 Å². The van der Waals surface area contributed by atoms with Gasteiger partial charge in [0.2, 0.25) is 17.7 Å². The normalized spacial score (nSPS) is 26.1. The van der Waals surface area contributed by atoms with Crippen molar-refractivity contribution in [3.05, 3.63) is 0 Å². The molecule has 2 saturated heterocycles. The number of carbonyl (C=O) groups is 3. The topological polar surface area (TPSA) is 73.0 Å². The molecule has 3 amide bonds. The fourth-order valence-electron chi connectivity index (χ4n) is 4.13. The van der Waals surface area contributed by atoms with Crippen LogP contribution in [0.3, 0.4) is 0 Å². The van der Waals surface area contributed by atoms with Gasteiger partial charge in [-0.3, -0.25) is 14.4 Å². The Balaban J connectivity index is 1.44. The highest BCUT2D eigenvalue weighted by molar-refractivity contribution is 5.91. The molecule has 3 fully saturated rings. The van der Waals surface area contributed by atoms with Crippen LogP contribution in [0.5, 0.6) is 0 Å². The third-order valence-electron chi connectivity index (χ3n) is 5.81. The molecule has 0 aromatic heterocycles. The second-order valence-electron chi connectivity index (χ2n) is 7.64. The molecule has 25 heavy (non-hydrogen) atoms. The number of hydrogen-bond acceptors (Lipinski definition) is 4. The standard InChI is InChI=1S/C18H30N4O3/c1-20-7-9-21(10-8-20)17(24)12-19-18(25)14-11-16(23)22(13-14)15-5-3-2-4-6-15/h14-15H,2-13H2,1H3,(H,19,25). The summed E-state index contributed by atoms with van der Waals surface area (Å²) in [7, 11) is 2.04. The van der Waals surface area contributed by atoms with Crippen molar-refractivity contribution in [2.45, 2.75) is 44.6 Å². The van der Waals surface area contributed by atoms with E-state index in [0.717, 1.165) is 25.9 Å². The van der Waals surface area contributed by atoms with Crippen LogP contribution in [0.15, 0.2) is 0 Å². The van der Waals surface area contributed by atoms with Crippen LogP contribution >= 0.6 is 0 Å².